The van der Waals surface area contributed by atoms with Gasteiger partial charge >= 0.3 is 0 Å². The lowest BCUT2D eigenvalue weighted by Gasteiger charge is -2.22. The molecule has 2 aromatic rings. The first-order valence-electron chi connectivity index (χ1n) is 9.05. The lowest BCUT2D eigenvalue weighted by atomic mass is 10.0. The Bertz CT molecular complexity index is 741. The summed E-state index contributed by atoms with van der Waals surface area (Å²) in [5, 5.41) is 19.6. The van der Waals surface area contributed by atoms with Crippen LogP contribution in [-0.4, -0.2) is 45.8 Å². The van der Waals surface area contributed by atoms with Crippen molar-refractivity contribution in [3.8, 4) is 11.5 Å². The second kappa shape index (κ2) is 7.21. The van der Waals surface area contributed by atoms with Gasteiger partial charge in [-0.2, -0.15) is 0 Å². The second-order valence-corrected chi connectivity index (χ2v) is 7.34. The minimum Gasteiger partial charge on any atom is -0.506 e. The van der Waals surface area contributed by atoms with Crippen LogP contribution in [0, 0.1) is 17.7 Å². The zero-order chi connectivity index (χ0) is 18.1. The monoisotopic (exact) mass is 358 g/mol. The molecule has 2 aliphatic rings. The summed E-state index contributed by atoms with van der Waals surface area (Å²) in [6.07, 6.45) is 2.58. The third-order valence-electron chi connectivity index (χ3n) is 5.46. The van der Waals surface area contributed by atoms with Gasteiger partial charge in [-0.05, 0) is 48.9 Å². The molecule has 3 atom stereocenters. The van der Waals surface area contributed by atoms with Gasteiger partial charge in [0, 0.05) is 19.6 Å². The molecule has 0 amide bonds. The molecule has 1 saturated carbocycles. The van der Waals surface area contributed by atoms with E-state index in [1.54, 1.807) is 24.3 Å². The number of aromatic nitrogens is 1. The van der Waals surface area contributed by atoms with Gasteiger partial charge in [0.05, 0.1) is 18.0 Å². The molecule has 2 heterocycles. The quantitative estimate of drug-likeness (QED) is 0.860. The number of aromatic hydroxyl groups is 1. The number of halogens is 1. The Morgan fingerprint density at radius 3 is 2.54 bits per heavy atom. The Hall–Kier alpha value is -2.18. The van der Waals surface area contributed by atoms with Gasteiger partial charge in [-0.1, -0.05) is 12.1 Å². The normalized spacial score (nSPS) is 26.6. The summed E-state index contributed by atoms with van der Waals surface area (Å²) in [7, 11) is 0. The van der Waals surface area contributed by atoms with Gasteiger partial charge in [0.1, 0.15) is 11.9 Å². The second-order valence-electron chi connectivity index (χ2n) is 7.34. The zero-order valence-corrected chi connectivity index (χ0v) is 14.5. The molecule has 3 unspecified atom stereocenters. The summed E-state index contributed by atoms with van der Waals surface area (Å²) >= 11 is 0. The molecule has 1 aromatic heterocycles. The minimum atomic E-state index is -0.667. The summed E-state index contributed by atoms with van der Waals surface area (Å²) in [5.41, 5.74) is 0.570. The molecular weight excluding hydrogens is 335 g/mol. The molecule has 1 saturated heterocycles. The number of para-hydroxylation sites is 1. The Kier molecular flexibility index (Phi) is 4.78. The maximum Gasteiger partial charge on any atom is 0.165 e. The number of aliphatic hydroxyl groups is 1. The van der Waals surface area contributed by atoms with Crippen molar-refractivity contribution in [2.45, 2.75) is 25.0 Å². The minimum absolute atomic E-state index is 0.0627. The fraction of sp³-hybridized carbons (Fsp3) is 0.450. The lowest BCUT2D eigenvalue weighted by molar-refractivity contribution is 0.112. The van der Waals surface area contributed by atoms with Crippen LogP contribution in [0.4, 0.5) is 4.39 Å². The first-order valence-corrected chi connectivity index (χ1v) is 9.05. The maximum atomic E-state index is 13.7. The largest absolute Gasteiger partial charge is 0.506 e. The van der Waals surface area contributed by atoms with Crippen molar-refractivity contribution in [2.24, 2.45) is 11.8 Å². The fourth-order valence-corrected chi connectivity index (χ4v) is 4.24. The van der Waals surface area contributed by atoms with E-state index in [0.717, 1.165) is 25.9 Å². The van der Waals surface area contributed by atoms with Crippen LogP contribution < -0.4 is 4.74 Å². The van der Waals surface area contributed by atoms with E-state index in [0.29, 0.717) is 29.8 Å². The molecule has 1 aliphatic heterocycles. The Morgan fingerprint density at radius 2 is 1.88 bits per heavy atom. The van der Waals surface area contributed by atoms with Crippen molar-refractivity contribution in [1.29, 1.82) is 0 Å². The highest BCUT2D eigenvalue weighted by Crippen LogP contribution is 2.40. The number of ether oxygens (including phenoxy) is 1. The SMILES string of the molecule is Oc1ccc(C(O)CN2CC3CC(Oc4ccccc4F)CC3C2)nc1. The molecule has 6 heteroatoms. The average molecular weight is 358 g/mol. The molecule has 0 bridgehead atoms. The van der Waals surface area contributed by atoms with Crippen molar-refractivity contribution in [1.82, 2.24) is 9.88 Å². The first-order chi connectivity index (χ1) is 12.6. The number of rotatable bonds is 5. The summed E-state index contributed by atoms with van der Waals surface area (Å²) < 4.78 is 19.6. The van der Waals surface area contributed by atoms with E-state index < -0.39 is 6.10 Å². The van der Waals surface area contributed by atoms with E-state index in [1.807, 2.05) is 0 Å². The van der Waals surface area contributed by atoms with Gasteiger partial charge in [0.25, 0.3) is 0 Å². The van der Waals surface area contributed by atoms with Crippen LogP contribution in [-0.2, 0) is 0 Å². The molecule has 1 aliphatic carbocycles. The van der Waals surface area contributed by atoms with Crippen LogP contribution in [0.1, 0.15) is 24.6 Å². The van der Waals surface area contributed by atoms with Crippen molar-refractivity contribution < 1.29 is 19.3 Å². The van der Waals surface area contributed by atoms with Gasteiger partial charge in [-0.25, -0.2) is 4.39 Å². The highest BCUT2D eigenvalue weighted by atomic mass is 19.1. The Morgan fingerprint density at radius 1 is 1.15 bits per heavy atom. The van der Waals surface area contributed by atoms with Gasteiger partial charge < -0.3 is 14.9 Å². The van der Waals surface area contributed by atoms with Crippen LogP contribution in [0.25, 0.3) is 0 Å². The number of likely N-dealkylation sites (tertiary alicyclic amines) is 1. The zero-order valence-electron chi connectivity index (χ0n) is 14.5. The number of aliphatic hydroxyl groups excluding tert-OH is 1. The van der Waals surface area contributed by atoms with Crippen LogP contribution in [0.5, 0.6) is 11.5 Å². The van der Waals surface area contributed by atoms with E-state index >= 15 is 0 Å². The Labute approximate surface area is 152 Å². The molecule has 0 spiro atoms. The Balaban J connectivity index is 1.29. The summed E-state index contributed by atoms with van der Waals surface area (Å²) in [4.78, 5) is 6.34. The third kappa shape index (κ3) is 3.66. The predicted molar refractivity (Wildman–Crippen MR) is 94.3 cm³/mol. The summed E-state index contributed by atoms with van der Waals surface area (Å²) in [6.45, 7) is 2.36. The number of pyridine rings is 1. The molecule has 2 N–H and O–H groups in total. The van der Waals surface area contributed by atoms with E-state index in [9.17, 15) is 14.6 Å². The molecule has 138 valence electrons. The smallest absolute Gasteiger partial charge is 0.165 e. The summed E-state index contributed by atoms with van der Waals surface area (Å²) in [6, 6.07) is 9.73. The van der Waals surface area contributed by atoms with Crippen LogP contribution in [0.2, 0.25) is 0 Å². The van der Waals surface area contributed by atoms with E-state index in [2.05, 4.69) is 9.88 Å². The molecule has 5 nitrogen and oxygen atoms in total. The fourth-order valence-electron chi connectivity index (χ4n) is 4.24. The third-order valence-corrected chi connectivity index (χ3v) is 5.46. The van der Waals surface area contributed by atoms with Crippen LogP contribution in [0.3, 0.4) is 0 Å². The number of β-amino-alcohol motifs (C(OH)–C–C–N with tert-alkyl or cyclic N) is 1. The van der Waals surface area contributed by atoms with Crippen LogP contribution in [0.15, 0.2) is 42.6 Å². The van der Waals surface area contributed by atoms with Gasteiger partial charge in [-0.15, -0.1) is 0 Å². The molecule has 0 radical (unpaired) electrons. The number of nitrogens with zero attached hydrogens (tertiary/aromatic N) is 2. The van der Waals surface area contributed by atoms with Gasteiger partial charge in [0.15, 0.2) is 11.6 Å². The molecular formula is C20H23FN2O3. The lowest BCUT2D eigenvalue weighted by Crippen LogP contribution is -2.29. The predicted octanol–water partition coefficient (Wildman–Crippen LogP) is 2.75. The average Bonchev–Trinajstić information content (AvgIpc) is 3.15. The van der Waals surface area contributed by atoms with Crippen molar-refractivity contribution in [3.05, 3.63) is 54.1 Å². The maximum absolute atomic E-state index is 13.7. The number of benzene rings is 1. The molecule has 4 rings (SSSR count). The number of hydrogen-bond acceptors (Lipinski definition) is 5. The standard InChI is InChI=1S/C20H23FN2O3/c21-17-3-1-2-4-20(17)26-16-7-13-10-23(11-14(13)8-16)12-19(25)18-6-5-15(24)9-22-18/h1-6,9,13-14,16,19,24-25H,7-8,10-12H2. The molecule has 26 heavy (non-hydrogen) atoms. The van der Waals surface area contributed by atoms with Crippen LogP contribution >= 0.6 is 0 Å². The van der Waals surface area contributed by atoms with Gasteiger partial charge in [-0.3, -0.25) is 9.88 Å². The number of fused-ring (bicyclic) bond motifs is 1. The summed E-state index contributed by atoms with van der Waals surface area (Å²) in [5.74, 6) is 1.16. The van der Waals surface area contributed by atoms with Crippen molar-refractivity contribution >= 4 is 0 Å². The molecule has 1 aromatic carbocycles. The first kappa shape index (κ1) is 17.2. The highest BCUT2D eigenvalue weighted by Gasteiger charge is 2.42. The topological polar surface area (TPSA) is 65.8 Å². The van der Waals surface area contributed by atoms with Crippen molar-refractivity contribution in [2.75, 3.05) is 19.6 Å². The highest BCUT2D eigenvalue weighted by molar-refractivity contribution is 5.24. The van der Waals surface area contributed by atoms with E-state index in [1.165, 1.54) is 18.3 Å². The molecule has 2 fully saturated rings. The van der Waals surface area contributed by atoms with E-state index in [4.69, 9.17) is 4.74 Å². The van der Waals surface area contributed by atoms with E-state index in [-0.39, 0.29) is 17.7 Å². The number of hydrogen-bond donors (Lipinski definition) is 2. The van der Waals surface area contributed by atoms with Gasteiger partial charge in [0.2, 0.25) is 0 Å². The van der Waals surface area contributed by atoms with Crippen molar-refractivity contribution in [3.63, 3.8) is 0 Å².